The molecule has 0 saturated heterocycles. The Bertz CT molecular complexity index is 866. The molecule has 3 rings (SSSR count). The number of ether oxygens (including phenoxy) is 1. The Morgan fingerprint density at radius 2 is 2.18 bits per heavy atom. The Balaban J connectivity index is 2.01. The molecule has 22 heavy (non-hydrogen) atoms. The third kappa shape index (κ3) is 3.23. The Labute approximate surface area is 149 Å². The van der Waals surface area contributed by atoms with Crippen LogP contribution in [0.4, 0.5) is 0 Å². The number of thiazole rings is 1. The van der Waals surface area contributed by atoms with Gasteiger partial charge in [0.2, 0.25) is 0 Å². The number of hydrogen-bond acceptors (Lipinski definition) is 5. The average molecular weight is 445 g/mol. The van der Waals surface area contributed by atoms with Crippen molar-refractivity contribution < 1.29 is 9.53 Å². The second kappa shape index (κ2) is 6.47. The van der Waals surface area contributed by atoms with Crippen molar-refractivity contribution in [3.05, 3.63) is 55.3 Å². The number of esters is 1. The van der Waals surface area contributed by atoms with Crippen LogP contribution in [-0.2, 0) is 11.2 Å². The molecule has 2 heterocycles. The lowest BCUT2D eigenvalue weighted by molar-refractivity contribution is 0.0593. The average Bonchev–Trinajstić information content (AvgIpc) is 2.87. The maximum atomic E-state index is 11.6. The van der Waals surface area contributed by atoms with Gasteiger partial charge in [-0.25, -0.2) is 14.8 Å². The van der Waals surface area contributed by atoms with Crippen LogP contribution >= 0.6 is 45.5 Å². The van der Waals surface area contributed by atoms with Gasteiger partial charge < -0.3 is 4.74 Å². The smallest absolute Gasteiger partial charge is 0.356 e. The molecule has 1 aromatic carbocycles. The lowest BCUT2D eigenvalue weighted by Crippen LogP contribution is -2.06. The summed E-state index contributed by atoms with van der Waals surface area (Å²) >= 11 is 9.98. The standard InChI is InChI=1S/C15H10ClIN2O2S/c1-21-14(20)11-4-2-3-10(18-11)6-8-5-9(16)7-12-13(8)19-15(17)22-12/h2-5,7H,6H2,1H3. The monoisotopic (exact) mass is 444 g/mol. The zero-order valence-electron chi connectivity index (χ0n) is 11.5. The lowest BCUT2D eigenvalue weighted by atomic mass is 10.1. The lowest BCUT2D eigenvalue weighted by Gasteiger charge is -2.05. The summed E-state index contributed by atoms with van der Waals surface area (Å²) in [7, 11) is 1.34. The van der Waals surface area contributed by atoms with E-state index in [4.69, 9.17) is 16.3 Å². The molecule has 0 N–H and O–H groups in total. The number of rotatable bonds is 3. The summed E-state index contributed by atoms with van der Waals surface area (Å²) in [6, 6.07) is 9.11. The molecule has 0 aliphatic rings. The van der Waals surface area contributed by atoms with Gasteiger partial charge in [0.1, 0.15) is 5.69 Å². The number of halogens is 2. The molecule has 0 unspecified atom stereocenters. The maximum absolute atomic E-state index is 11.6. The molecule has 0 radical (unpaired) electrons. The van der Waals surface area contributed by atoms with E-state index in [-0.39, 0.29) is 0 Å². The van der Waals surface area contributed by atoms with Crippen molar-refractivity contribution in [2.24, 2.45) is 0 Å². The fraction of sp³-hybridized carbons (Fsp3) is 0.133. The Hall–Kier alpha value is -1.25. The minimum Gasteiger partial charge on any atom is -0.464 e. The van der Waals surface area contributed by atoms with Crippen LogP contribution in [0.3, 0.4) is 0 Å². The van der Waals surface area contributed by atoms with Gasteiger partial charge in [-0.05, 0) is 52.4 Å². The normalized spacial score (nSPS) is 10.9. The summed E-state index contributed by atoms with van der Waals surface area (Å²) in [5.74, 6) is -0.443. The largest absolute Gasteiger partial charge is 0.464 e. The fourth-order valence-corrected chi connectivity index (χ4v) is 4.20. The van der Waals surface area contributed by atoms with Gasteiger partial charge in [-0.15, -0.1) is 11.3 Å². The van der Waals surface area contributed by atoms with Crippen molar-refractivity contribution in [3.63, 3.8) is 0 Å². The van der Waals surface area contributed by atoms with Gasteiger partial charge in [0, 0.05) is 17.1 Å². The Morgan fingerprint density at radius 1 is 1.36 bits per heavy atom. The number of fused-ring (bicyclic) bond motifs is 1. The highest BCUT2D eigenvalue weighted by atomic mass is 127. The van der Waals surface area contributed by atoms with Crippen LogP contribution in [0.15, 0.2) is 30.3 Å². The van der Waals surface area contributed by atoms with Gasteiger partial charge in [0.25, 0.3) is 0 Å². The first-order chi connectivity index (χ1) is 10.6. The summed E-state index contributed by atoms with van der Waals surface area (Å²) in [6.45, 7) is 0. The van der Waals surface area contributed by atoms with Gasteiger partial charge in [0.15, 0.2) is 3.01 Å². The SMILES string of the molecule is COC(=O)c1cccc(Cc2cc(Cl)cc3sc(I)nc23)n1. The topological polar surface area (TPSA) is 52.1 Å². The van der Waals surface area contributed by atoms with Crippen LogP contribution in [0.1, 0.15) is 21.7 Å². The molecule has 4 nitrogen and oxygen atoms in total. The predicted molar refractivity (Wildman–Crippen MR) is 95.7 cm³/mol. The van der Waals surface area contributed by atoms with E-state index in [2.05, 4.69) is 32.6 Å². The fourth-order valence-electron chi connectivity index (χ4n) is 2.16. The van der Waals surface area contributed by atoms with E-state index in [1.165, 1.54) is 7.11 Å². The molecule has 0 aliphatic heterocycles. The van der Waals surface area contributed by atoms with Gasteiger partial charge in [0.05, 0.1) is 17.3 Å². The van der Waals surface area contributed by atoms with Crippen LogP contribution < -0.4 is 0 Å². The van der Waals surface area contributed by atoms with Crippen LogP contribution in [-0.4, -0.2) is 23.0 Å². The number of aromatic nitrogens is 2. The molecule has 7 heteroatoms. The third-order valence-electron chi connectivity index (χ3n) is 3.09. The van der Waals surface area contributed by atoms with Crippen molar-refractivity contribution in [2.75, 3.05) is 7.11 Å². The zero-order valence-corrected chi connectivity index (χ0v) is 15.2. The van der Waals surface area contributed by atoms with E-state index < -0.39 is 5.97 Å². The number of hydrogen-bond donors (Lipinski definition) is 0. The van der Waals surface area contributed by atoms with Crippen molar-refractivity contribution >= 4 is 61.7 Å². The third-order valence-corrected chi connectivity index (χ3v) is 5.00. The van der Waals surface area contributed by atoms with E-state index in [1.807, 2.05) is 18.2 Å². The first-order valence-corrected chi connectivity index (χ1v) is 8.63. The summed E-state index contributed by atoms with van der Waals surface area (Å²) in [4.78, 5) is 20.5. The second-order valence-corrected chi connectivity index (χ2v) is 7.78. The van der Waals surface area contributed by atoms with Gasteiger partial charge in [-0.2, -0.15) is 0 Å². The summed E-state index contributed by atoms with van der Waals surface area (Å²) in [5.41, 5.74) is 3.00. The number of benzene rings is 1. The molecule has 3 aromatic rings. The number of carbonyl (C=O) groups excluding carboxylic acids is 1. The first kappa shape index (κ1) is 15.6. The second-order valence-electron chi connectivity index (χ2n) is 4.56. The number of nitrogens with zero attached hydrogens (tertiary/aromatic N) is 2. The molecule has 0 fully saturated rings. The molecule has 0 amide bonds. The van der Waals surface area contributed by atoms with Gasteiger partial charge in [-0.1, -0.05) is 17.7 Å². The van der Waals surface area contributed by atoms with Crippen molar-refractivity contribution in [1.82, 2.24) is 9.97 Å². The van der Waals surface area contributed by atoms with Crippen LogP contribution in [0.25, 0.3) is 10.2 Å². The van der Waals surface area contributed by atoms with Crippen molar-refractivity contribution in [3.8, 4) is 0 Å². The molecule has 0 bridgehead atoms. The van der Waals surface area contributed by atoms with E-state index in [1.54, 1.807) is 23.5 Å². The molecular weight excluding hydrogens is 435 g/mol. The Kier molecular flexibility index (Phi) is 4.60. The van der Waals surface area contributed by atoms with Crippen molar-refractivity contribution in [1.29, 1.82) is 0 Å². The highest BCUT2D eigenvalue weighted by Crippen LogP contribution is 2.30. The Morgan fingerprint density at radius 3 is 2.95 bits per heavy atom. The zero-order chi connectivity index (χ0) is 15.7. The number of methoxy groups -OCH3 is 1. The molecule has 0 spiro atoms. The van der Waals surface area contributed by atoms with Crippen molar-refractivity contribution in [2.45, 2.75) is 6.42 Å². The molecule has 0 atom stereocenters. The van der Waals surface area contributed by atoms with Crippen LogP contribution in [0.5, 0.6) is 0 Å². The first-order valence-electron chi connectivity index (χ1n) is 6.35. The molecule has 0 saturated carbocycles. The van der Waals surface area contributed by atoms with Crippen LogP contribution in [0, 0.1) is 3.01 Å². The summed E-state index contributed by atoms with van der Waals surface area (Å²) in [5, 5.41) is 0.673. The van der Waals surface area contributed by atoms with E-state index in [9.17, 15) is 4.79 Å². The molecule has 0 aliphatic carbocycles. The van der Waals surface area contributed by atoms with Crippen LogP contribution in [0.2, 0.25) is 5.02 Å². The van der Waals surface area contributed by atoms with Gasteiger partial charge >= 0.3 is 5.97 Å². The summed E-state index contributed by atoms with van der Waals surface area (Å²) < 4.78 is 6.72. The number of carbonyl (C=O) groups is 1. The minimum absolute atomic E-state index is 0.297. The molecular formula is C15H10ClIN2O2S. The highest BCUT2D eigenvalue weighted by molar-refractivity contribution is 14.1. The predicted octanol–water partition coefficient (Wildman–Crippen LogP) is 4.33. The molecule has 112 valence electrons. The van der Waals surface area contributed by atoms with E-state index in [0.29, 0.717) is 17.1 Å². The quantitative estimate of drug-likeness (QED) is 0.446. The number of pyridine rings is 1. The van der Waals surface area contributed by atoms with Gasteiger partial charge in [-0.3, -0.25) is 0 Å². The summed E-state index contributed by atoms with van der Waals surface area (Å²) in [6.07, 6.45) is 0.557. The highest BCUT2D eigenvalue weighted by Gasteiger charge is 2.12. The molecule has 2 aromatic heterocycles. The van der Waals surface area contributed by atoms with E-state index in [0.717, 1.165) is 24.5 Å². The minimum atomic E-state index is -0.443. The maximum Gasteiger partial charge on any atom is 0.356 e. The van der Waals surface area contributed by atoms with E-state index >= 15 is 0 Å².